The van der Waals surface area contributed by atoms with Gasteiger partial charge in [-0.15, -0.1) is 0 Å². The number of piperidine rings is 1. The van der Waals surface area contributed by atoms with Crippen LogP contribution in [0.1, 0.15) is 29.4 Å². The molecule has 0 saturated carbocycles. The normalized spacial score (nSPS) is 23.2. The minimum absolute atomic E-state index is 0.573. The van der Waals surface area contributed by atoms with Crippen molar-refractivity contribution in [1.29, 1.82) is 0 Å². The summed E-state index contributed by atoms with van der Waals surface area (Å²) in [6, 6.07) is 19.7. The highest BCUT2D eigenvalue weighted by atomic mass is 79.9. The van der Waals surface area contributed by atoms with Gasteiger partial charge < -0.3 is 5.32 Å². The Hall–Kier alpha value is -1.12. The van der Waals surface area contributed by atoms with Crippen LogP contribution in [0.4, 0.5) is 0 Å². The van der Waals surface area contributed by atoms with Crippen molar-refractivity contribution in [2.45, 2.75) is 18.3 Å². The van der Waals surface area contributed by atoms with Crippen molar-refractivity contribution in [2.24, 2.45) is 0 Å². The zero-order chi connectivity index (χ0) is 13.1. The van der Waals surface area contributed by atoms with Gasteiger partial charge in [0.05, 0.1) is 0 Å². The molecule has 3 rings (SSSR count). The van der Waals surface area contributed by atoms with E-state index in [-0.39, 0.29) is 0 Å². The van der Waals surface area contributed by atoms with Gasteiger partial charge >= 0.3 is 0 Å². The maximum absolute atomic E-state index is 3.59. The van der Waals surface area contributed by atoms with Crippen LogP contribution in [0.2, 0.25) is 0 Å². The van der Waals surface area contributed by atoms with Crippen LogP contribution in [0.3, 0.4) is 0 Å². The van der Waals surface area contributed by atoms with Gasteiger partial charge in [-0.1, -0.05) is 58.4 Å². The SMILES string of the molecule is Brc1cccc([C@@H]2CCNC[C@@H]2c2ccccc2)c1. The maximum atomic E-state index is 3.59. The molecule has 1 aliphatic heterocycles. The third kappa shape index (κ3) is 2.90. The maximum Gasteiger partial charge on any atom is 0.0178 e. The smallest absolute Gasteiger partial charge is 0.0178 e. The van der Waals surface area contributed by atoms with E-state index in [4.69, 9.17) is 0 Å². The van der Waals surface area contributed by atoms with Gasteiger partial charge in [-0.25, -0.2) is 0 Å². The number of hydrogen-bond acceptors (Lipinski definition) is 1. The first-order valence-electron chi connectivity index (χ1n) is 6.86. The second kappa shape index (κ2) is 5.89. The van der Waals surface area contributed by atoms with Crippen LogP contribution < -0.4 is 5.32 Å². The van der Waals surface area contributed by atoms with Crippen molar-refractivity contribution < 1.29 is 0 Å². The van der Waals surface area contributed by atoms with E-state index in [2.05, 4.69) is 75.8 Å². The summed E-state index contributed by atoms with van der Waals surface area (Å²) in [7, 11) is 0. The number of nitrogens with one attached hydrogen (secondary N) is 1. The molecule has 1 heterocycles. The summed E-state index contributed by atoms with van der Waals surface area (Å²) in [5.41, 5.74) is 2.89. The van der Waals surface area contributed by atoms with Crippen LogP contribution in [-0.4, -0.2) is 13.1 Å². The summed E-state index contributed by atoms with van der Waals surface area (Å²) >= 11 is 3.59. The molecule has 0 radical (unpaired) electrons. The zero-order valence-corrected chi connectivity index (χ0v) is 12.4. The Bertz CT molecular complexity index is 538. The molecule has 98 valence electrons. The zero-order valence-electron chi connectivity index (χ0n) is 10.9. The third-order valence-corrected chi connectivity index (χ3v) is 4.48. The first-order chi connectivity index (χ1) is 9.34. The molecular formula is C17H18BrN. The van der Waals surface area contributed by atoms with Crippen LogP contribution in [0, 0.1) is 0 Å². The molecule has 2 atom stereocenters. The highest BCUT2D eigenvalue weighted by Gasteiger charge is 2.27. The van der Waals surface area contributed by atoms with Crippen molar-refractivity contribution in [1.82, 2.24) is 5.32 Å². The predicted octanol–water partition coefficient (Wildman–Crippen LogP) is 4.31. The lowest BCUT2D eigenvalue weighted by atomic mass is 9.77. The fourth-order valence-corrected chi connectivity index (χ4v) is 3.46. The van der Waals surface area contributed by atoms with Gasteiger partial charge in [0.25, 0.3) is 0 Å². The van der Waals surface area contributed by atoms with Gasteiger partial charge in [-0.3, -0.25) is 0 Å². The van der Waals surface area contributed by atoms with E-state index in [1.807, 2.05) is 0 Å². The van der Waals surface area contributed by atoms with Gasteiger partial charge in [-0.2, -0.15) is 0 Å². The van der Waals surface area contributed by atoms with Gasteiger partial charge in [0, 0.05) is 16.9 Å². The Morgan fingerprint density at radius 2 is 1.68 bits per heavy atom. The molecule has 2 aromatic rings. The lowest BCUT2D eigenvalue weighted by Crippen LogP contribution is -2.34. The molecule has 2 heteroatoms. The molecule has 0 bridgehead atoms. The average molecular weight is 316 g/mol. The highest BCUT2D eigenvalue weighted by molar-refractivity contribution is 9.10. The quantitative estimate of drug-likeness (QED) is 0.870. The minimum Gasteiger partial charge on any atom is -0.316 e. The molecule has 1 aliphatic rings. The van der Waals surface area contributed by atoms with Crippen LogP contribution in [0.15, 0.2) is 59.1 Å². The monoisotopic (exact) mass is 315 g/mol. The van der Waals surface area contributed by atoms with Gasteiger partial charge in [0.1, 0.15) is 0 Å². The molecule has 0 spiro atoms. The standard InChI is InChI=1S/C17H18BrN/c18-15-8-4-7-14(11-15)16-9-10-19-12-17(16)13-5-2-1-3-6-13/h1-8,11,16-17,19H,9-10,12H2/t16-,17+/m0/s1. The molecule has 2 aromatic carbocycles. The molecule has 0 amide bonds. The highest BCUT2D eigenvalue weighted by Crippen LogP contribution is 2.37. The van der Waals surface area contributed by atoms with Crippen LogP contribution in [0.5, 0.6) is 0 Å². The van der Waals surface area contributed by atoms with E-state index in [0.717, 1.165) is 13.1 Å². The topological polar surface area (TPSA) is 12.0 Å². The molecule has 1 N–H and O–H groups in total. The van der Waals surface area contributed by atoms with Crippen molar-refractivity contribution >= 4 is 15.9 Å². The number of halogens is 1. The molecule has 0 unspecified atom stereocenters. The lowest BCUT2D eigenvalue weighted by molar-refractivity contribution is 0.404. The van der Waals surface area contributed by atoms with Gasteiger partial charge in [0.15, 0.2) is 0 Å². The predicted molar refractivity (Wildman–Crippen MR) is 83.6 cm³/mol. The Morgan fingerprint density at radius 1 is 0.895 bits per heavy atom. The molecule has 1 fully saturated rings. The molecule has 0 aliphatic carbocycles. The van der Waals surface area contributed by atoms with Crippen LogP contribution in [-0.2, 0) is 0 Å². The first-order valence-corrected chi connectivity index (χ1v) is 7.65. The Morgan fingerprint density at radius 3 is 2.47 bits per heavy atom. The Balaban J connectivity index is 1.93. The molecule has 1 nitrogen and oxygen atoms in total. The Kier molecular flexibility index (Phi) is 4.00. The molecule has 19 heavy (non-hydrogen) atoms. The van der Waals surface area contributed by atoms with Crippen LogP contribution >= 0.6 is 15.9 Å². The molecule has 0 aromatic heterocycles. The molecular weight excluding hydrogens is 298 g/mol. The molecule has 1 saturated heterocycles. The largest absolute Gasteiger partial charge is 0.316 e. The van der Waals surface area contributed by atoms with E-state index >= 15 is 0 Å². The second-order valence-corrected chi connectivity index (χ2v) is 6.09. The number of benzene rings is 2. The van der Waals surface area contributed by atoms with Crippen molar-refractivity contribution in [3.8, 4) is 0 Å². The summed E-state index contributed by atoms with van der Waals surface area (Å²) in [5, 5.41) is 3.54. The summed E-state index contributed by atoms with van der Waals surface area (Å²) < 4.78 is 1.18. The Labute approximate surface area is 123 Å². The first kappa shape index (κ1) is 12.9. The second-order valence-electron chi connectivity index (χ2n) is 5.17. The number of rotatable bonds is 2. The average Bonchev–Trinajstić information content (AvgIpc) is 2.48. The summed E-state index contributed by atoms with van der Waals surface area (Å²) in [4.78, 5) is 0. The van der Waals surface area contributed by atoms with Crippen molar-refractivity contribution in [3.63, 3.8) is 0 Å². The van der Waals surface area contributed by atoms with E-state index in [9.17, 15) is 0 Å². The van der Waals surface area contributed by atoms with Gasteiger partial charge in [-0.05, 0) is 42.1 Å². The number of hydrogen-bond donors (Lipinski definition) is 1. The minimum atomic E-state index is 0.573. The van der Waals surface area contributed by atoms with Crippen molar-refractivity contribution in [2.75, 3.05) is 13.1 Å². The van der Waals surface area contributed by atoms with Gasteiger partial charge in [0.2, 0.25) is 0 Å². The fourth-order valence-electron chi connectivity index (χ4n) is 3.05. The van der Waals surface area contributed by atoms with Crippen molar-refractivity contribution in [3.05, 3.63) is 70.2 Å². The third-order valence-electron chi connectivity index (χ3n) is 3.99. The summed E-state index contributed by atoms with van der Waals surface area (Å²) in [6.07, 6.45) is 1.20. The van der Waals surface area contributed by atoms with E-state index in [1.165, 1.54) is 22.0 Å². The lowest BCUT2D eigenvalue weighted by Gasteiger charge is -2.33. The summed E-state index contributed by atoms with van der Waals surface area (Å²) in [6.45, 7) is 2.18. The van der Waals surface area contributed by atoms with E-state index in [0.29, 0.717) is 11.8 Å². The van der Waals surface area contributed by atoms with E-state index < -0.39 is 0 Å². The fraction of sp³-hybridized carbons (Fsp3) is 0.294. The van der Waals surface area contributed by atoms with Crippen LogP contribution in [0.25, 0.3) is 0 Å². The van der Waals surface area contributed by atoms with E-state index in [1.54, 1.807) is 0 Å². The summed E-state index contributed by atoms with van der Waals surface area (Å²) in [5.74, 6) is 1.19.